The fourth-order valence-corrected chi connectivity index (χ4v) is 4.18. The monoisotopic (exact) mass is 354 g/mol. The Morgan fingerprint density at radius 3 is 2.85 bits per heavy atom. The summed E-state index contributed by atoms with van der Waals surface area (Å²) in [5.41, 5.74) is 1.54. The second-order valence-electron chi connectivity index (χ2n) is 7.30. The number of fused-ring (bicyclic) bond motifs is 1. The largest absolute Gasteiger partial charge is 0.337 e. The van der Waals surface area contributed by atoms with Gasteiger partial charge in [0.05, 0.1) is 0 Å². The van der Waals surface area contributed by atoms with Crippen molar-refractivity contribution < 1.29 is 9.18 Å². The summed E-state index contributed by atoms with van der Waals surface area (Å²) in [5.74, 6) is 0.816. The predicted molar refractivity (Wildman–Crippen MR) is 96.0 cm³/mol. The van der Waals surface area contributed by atoms with Gasteiger partial charge in [-0.2, -0.15) is 0 Å². The number of carbonyl (C=O) groups is 1. The van der Waals surface area contributed by atoms with Gasteiger partial charge in [0, 0.05) is 49.2 Å². The zero-order chi connectivity index (χ0) is 18.1. The molecule has 26 heavy (non-hydrogen) atoms. The number of hydrogen-bond donors (Lipinski definition) is 0. The number of aromatic nitrogens is 2. The maximum absolute atomic E-state index is 13.5. The maximum atomic E-state index is 13.5. The number of halogens is 1. The summed E-state index contributed by atoms with van der Waals surface area (Å²) in [5, 5.41) is 0. The molecule has 1 aromatic carbocycles. The lowest BCUT2D eigenvalue weighted by Crippen LogP contribution is -2.44. The van der Waals surface area contributed by atoms with E-state index < -0.39 is 0 Å². The molecule has 4 rings (SSSR count). The Hall–Kier alpha value is -2.34. The van der Waals surface area contributed by atoms with Gasteiger partial charge < -0.3 is 4.90 Å². The van der Waals surface area contributed by atoms with Gasteiger partial charge >= 0.3 is 0 Å². The predicted octanol–water partition coefficient (Wildman–Crippen LogP) is 2.66. The summed E-state index contributed by atoms with van der Waals surface area (Å²) >= 11 is 0. The van der Waals surface area contributed by atoms with Crippen LogP contribution in [0, 0.1) is 18.7 Å². The van der Waals surface area contributed by atoms with E-state index in [4.69, 9.17) is 0 Å². The molecule has 3 heterocycles. The summed E-state index contributed by atoms with van der Waals surface area (Å²) < 4.78 is 13.5. The Balaban J connectivity index is 1.47. The van der Waals surface area contributed by atoms with Gasteiger partial charge in [0.2, 0.25) is 0 Å². The van der Waals surface area contributed by atoms with E-state index in [0.29, 0.717) is 24.1 Å². The second kappa shape index (κ2) is 7.11. The Bertz CT molecular complexity index is 795. The summed E-state index contributed by atoms with van der Waals surface area (Å²) in [4.78, 5) is 25.7. The SMILES string of the molecule is Cc1ncc(CN2CCC[C@@H]3CN(C(=O)c4cccc(F)c4)C[C@@H]32)cn1. The molecular weight excluding hydrogens is 331 g/mol. The molecule has 2 atom stereocenters. The summed E-state index contributed by atoms with van der Waals surface area (Å²) in [6, 6.07) is 6.32. The Morgan fingerprint density at radius 1 is 1.27 bits per heavy atom. The number of benzene rings is 1. The lowest BCUT2D eigenvalue weighted by atomic mass is 9.92. The van der Waals surface area contributed by atoms with E-state index in [0.717, 1.165) is 43.9 Å². The highest BCUT2D eigenvalue weighted by Gasteiger charge is 2.40. The van der Waals surface area contributed by atoms with Crippen LogP contribution in [0.15, 0.2) is 36.7 Å². The van der Waals surface area contributed by atoms with Crippen LogP contribution in [0.4, 0.5) is 4.39 Å². The third-order valence-electron chi connectivity index (χ3n) is 5.47. The molecule has 6 heteroatoms. The Morgan fingerprint density at radius 2 is 2.08 bits per heavy atom. The first-order valence-electron chi connectivity index (χ1n) is 9.16. The molecule has 0 saturated carbocycles. The minimum atomic E-state index is -0.367. The van der Waals surface area contributed by atoms with Crippen LogP contribution in [0.5, 0.6) is 0 Å². The van der Waals surface area contributed by atoms with Crippen LogP contribution in [-0.2, 0) is 6.54 Å². The van der Waals surface area contributed by atoms with Crippen molar-refractivity contribution >= 4 is 5.91 Å². The van der Waals surface area contributed by atoms with Crippen molar-refractivity contribution in [3.63, 3.8) is 0 Å². The van der Waals surface area contributed by atoms with Crippen molar-refractivity contribution in [1.29, 1.82) is 0 Å². The van der Waals surface area contributed by atoms with E-state index in [-0.39, 0.29) is 11.7 Å². The van der Waals surface area contributed by atoms with Gasteiger partial charge in [0.25, 0.3) is 5.91 Å². The van der Waals surface area contributed by atoms with Crippen LogP contribution in [0.2, 0.25) is 0 Å². The summed E-state index contributed by atoms with van der Waals surface area (Å²) in [6.45, 7) is 5.17. The molecule has 2 saturated heterocycles. The molecule has 0 unspecified atom stereocenters. The molecule has 0 bridgehead atoms. The van der Waals surface area contributed by atoms with Gasteiger partial charge in [-0.05, 0) is 50.4 Å². The third-order valence-corrected chi connectivity index (χ3v) is 5.47. The van der Waals surface area contributed by atoms with Crippen molar-refractivity contribution in [2.45, 2.75) is 32.4 Å². The molecule has 1 amide bonds. The highest BCUT2D eigenvalue weighted by molar-refractivity contribution is 5.94. The molecule has 2 aliphatic rings. The fourth-order valence-electron chi connectivity index (χ4n) is 4.18. The smallest absolute Gasteiger partial charge is 0.254 e. The van der Waals surface area contributed by atoms with Gasteiger partial charge in [-0.15, -0.1) is 0 Å². The molecule has 2 aromatic rings. The summed E-state index contributed by atoms with van der Waals surface area (Å²) in [6.07, 6.45) is 6.04. The van der Waals surface area contributed by atoms with Crippen LogP contribution in [0.3, 0.4) is 0 Å². The minimum Gasteiger partial charge on any atom is -0.337 e. The van der Waals surface area contributed by atoms with Gasteiger partial charge in [-0.25, -0.2) is 14.4 Å². The highest BCUT2D eigenvalue weighted by atomic mass is 19.1. The number of likely N-dealkylation sites (tertiary alicyclic amines) is 2. The number of aryl methyl sites for hydroxylation is 1. The van der Waals surface area contributed by atoms with Gasteiger partial charge in [0.1, 0.15) is 11.6 Å². The van der Waals surface area contributed by atoms with E-state index in [1.807, 2.05) is 24.2 Å². The average Bonchev–Trinajstić information content (AvgIpc) is 3.08. The molecule has 0 N–H and O–H groups in total. The van der Waals surface area contributed by atoms with Crippen LogP contribution < -0.4 is 0 Å². The molecule has 2 fully saturated rings. The first kappa shape index (κ1) is 17.1. The zero-order valence-corrected chi connectivity index (χ0v) is 14.9. The Labute approximate surface area is 152 Å². The second-order valence-corrected chi connectivity index (χ2v) is 7.30. The maximum Gasteiger partial charge on any atom is 0.254 e. The fraction of sp³-hybridized carbons (Fsp3) is 0.450. The number of hydrogen-bond acceptors (Lipinski definition) is 4. The van der Waals surface area contributed by atoms with Crippen molar-refractivity contribution in [3.05, 3.63) is 59.4 Å². The number of nitrogens with zero attached hydrogens (tertiary/aromatic N) is 4. The highest BCUT2D eigenvalue weighted by Crippen LogP contribution is 2.32. The van der Waals surface area contributed by atoms with Crippen LogP contribution in [0.25, 0.3) is 0 Å². The van der Waals surface area contributed by atoms with Crippen molar-refractivity contribution in [3.8, 4) is 0 Å². The van der Waals surface area contributed by atoms with Crippen LogP contribution in [0.1, 0.15) is 34.6 Å². The molecule has 0 aliphatic carbocycles. The molecule has 1 aromatic heterocycles. The van der Waals surface area contributed by atoms with Crippen molar-refractivity contribution in [1.82, 2.24) is 19.8 Å². The van der Waals surface area contributed by atoms with Crippen LogP contribution >= 0.6 is 0 Å². The quantitative estimate of drug-likeness (QED) is 0.850. The zero-order valence-electron chi connectivity index (χ0n) is 14.9. The topological polar surface area (TPSA) is 49.3 Å². The van der Waals surface area contributed by atoms with E-state index >= 15 is 0 Å². The molecule has 5 nitrogen and oxygen atoms in total. The van der Waals surface area contributed by atoms with E-state index in [1.165, 1.54) is 12.1 Å². The number of amides is 1. The Kier molecular flexibility index (Phi) is 4.68. The van der Waals surface area contributed by atoms with Gasteiger partial charge in [-0.3, -0.25) is 9.69 Å². The van der Waals surface area contributed by atoms with E-state index in [2.05, 4.69) is 14.9 Å². The molecule has 2 aliphatic heterocycles. The van der Waals surface area contributed by atoms with Gasteiger partial charge in [-0.1, -0.05) is 6.07 Å². The van der Waals surface area contributed by atoms with Crippen molar-refractivity contribution in [2.75, 3.05) is 19.6 Å². The molecule has 0 radical (unpaired) electrons. The van der Waals surface area contributed by atoms with Gasteiger partial charge in [0.15, 0.2) is 0 Å². The number of carbonyl (C=O) groups excluding carboxylic acids is 1. The van der Waals surface area contributed by atoms with E-state index in [9.17, 15) is 9.18 Å². The molecule has 0 spiro atoms. The molecule has 136 valence electrons. The minimum absolute atomic E-state index is 0.0717. The lowest BCUT2D eigenvalue weighted by molar-refractivity contribution is 0.0774. The van der Waals surface area contributed by atoms with Crippen LogP contribution in [-0.4, -0.2) is 51.4 Å². The first-order valence-corrected chi connectivity index (χ1v) is 9.16. The molecular formula is C20H23FN4O. The first-order chi connectivity index (χ1) is 12.6. The summed E-state index contributed by atoms with van der Waals surface area (Å²) in [7, 11) is 0. The standard InChI is InChI=1S/C20H23FN4O/c1-14-22-9-15(10-23-14)11-24-7-3-5-17-12-25(13-19(17)24)20(26)16-4-2-6-18(21)8-16/h2,4,6,8-10,17,19H,3,5,7,11-13H2,1H3/t17-,19+/m1/s1. The normalized spacial score (nSPS) is 23.1. The number of piperidine rings is 1. The van der Waals surface area contributed by atoms with Crippen molar-refractivity contribution in [2.24, 2.45) is 5.92 Å². The van der Waals surface area contributed by atoms with E-state index in [1.54, 1.807) is 12.1 Å². The number of rotatable bonds is 3. The lowest BCUT2D eigenvalue weighted by Gasteiger charge is -2.36. The third kappa shape index (κ3) is 3.46. The average molecular weight is 354 g/mol.